The average Bonchev–Trinajstić information content (AvgIpc) is 1.59. The summed E-state index contributed by atoms with van der Waals surface area (Å²) in [6, 6.07) is 0. The number of halogens is 4. The Bertz CT molecular complexity index is 70.9. The van der Waals surface area contributed by atoms with E-state index >= 15 is 0 Å². The van der Waals surface area contributed by atoms with Gasteiger partial charge >= 0.3 is 0 Å². The first kappa shape index (κ1) is 15.4. The Morgan fingerprint density at radius 3 is 1.00 bits per heavy atom. The van der Waals surface area contributed by atoms with Crippen LogP contribution in [0.15, 0.2) is 0 Å². The number of hydrogen-bond donors (Lipinski definition) is 0. The van der Waals surface area contributed by atoms with Gasteiger partial charge in [0, 0.05) is 9.65 Å². The predicted octanol–water partition coefficient (Wildman–Crippen LogP) is 5.07. The van der Waals surface area contributed by atoms with E-state index in [1.165, 1.54) is 0 Å². The Kier molecular flexibility index (Phi) is 10.3. The smallest absolute Gasteiger partial charge is 0.0749 e. The molecule has 0 aliphatic heterocycles. The summed E-state index contributed by atoms with van der Waals surface area (Å²) in [6.07, 6.45) is 0. The van der Waals surface area contributed by atoms with Crippen molar-refractivity contribution in [2.75, 3.05) is 0 Å². The van der Waals surface area contributed by atoms with Gasteiger partial charge in [-0.3, -0.25) is 0 Å². The molecule has 0 rings (SSSR count). The highest BCUT2D eigenvalue weighted by atomic mass is 79.9. The van der Waals surface area contributed by atoms with Gasteiger partial charge in [0.2, 0.25) is 0 Å². The quantitative estimate of drug-likeness (QED) is 0.523. The molecular formula is C7H14Br4. The minimum Gasteiger partial charge on any atom is -0.0882 e. The van der Waals surface area contributed by atoms with Gasteiger partial charge in [0.1, 0.15) is 0 Å². The fraction of sp³-hybridized carbons (Fsp3) is 1.00. The fourth-order valence-electron chi connectivity index (χ4n) is 0. The Morgan fingerprint density at radius 2 is 1.00 bits per heavy atom. The van der Waals surface area contributed by atoms with Gasteiger partial charge in [0.05, 0.1) is 3.23 Å². The molecular weight excluding hydrogens is 404 g/mol. The molecule has 0 radical (unpaired) electrons. The van der Waals surface area contributed by atoms with Crippen molar-refractivity contribution < 1.29 is 0 Å². The van der Waals surface area contributed by atoms with Gasteiger partial charge in [0.15, 0.2) is 0 Å². The standard InChI is InChI=1S/C4H8Br2.C3H6Br2/c1-3(5)4(2)6;1-3(2,4)5/h3-4H,1-2H3;1-2H3. The summed E-state index contributed by atoms with van der Waals surface area (Å²) in [5, 5.41) is 0. The summed E-state index contributed by atoms with van der Waals surface area (Å²) in [5.74, 6) is 0. The van der Waals surface area contributed by atoms with Crippen LogP contribution < -0.4 is 0 Å². The molecule has 0 aliphatic rings. The Morgan fingerprint density at radius 1 is 0.909 bits per heavy atom. The molecule has 0 N–H and O–H groups in total. The van der Waals surface area contributed by atoms with Crippen molar-refractivity contribution in [1.82, 2.24) is 0 Å². The van der Waals surface area contributed by atoms with Crippen molar-refractivity contribution in [1.29, 1.82) is 0 Å². The molecule has 0 heterocycles. The summed E-state index contributed by atoms with van der Waals surface area (Å²) in [5.41, 5.74) is 0. The number of rotatable bonds is 1. The van der Waals surface area contributed by atoms with E-state index in [4.69, 9.17) is 0 Å². The monoisotopic (exact) mass is 414 g/mol. The molecule has 0 aromatic carbocycles. The lowest BCUT2D eigenvalue weighted by atomic mass is 10.4. The van der Waals surface area contributed by atoms with Crippen LogP contribution in [0.4, 0.5) is 0 Å². The third-order valence-electron chi connectivity index (χ3n) is 0.633. The molecule has 0 aromatic rings. The highest BCUT2D eigenvalue weighted by Gasteiger charge is 2.01. The van der Waals surface area contributed by atoms with Crippen LogP contribution in [-0.2, 0) is 0 Å². The summed E-state index contributed by atoms with van der Waals surface area (Å²) in [4.78, 5) is 1.16. The molecule has 4 heteroatoms. The van der Waals surface area contributed by atoms with E-state index < -0.39 is 0 Å². The third kappa shape index (κ3) is 33.5. The lowest BCUT2D eigenvalue weighted by Gasteiger charge is -2.01. The van der Waals surface area contributed by atoms with Gasteiger partial charge in [-0.1, -0.05) is 77.6 Å². The molecule has 0 nitrogen and oxygen atoms in total. The average molecular weight is 418 g/mol. The van der Waals surface area contributed by atoms with E-state index in [0.717, 1.165) is 0 Å². The van der Waals surface area contributed by atoms with Gasteiger partial charge in [-0.05, 0) is 13.8 Å². The SMILES string of the molecule is CC(Br)C(C)Br.CC(C)(Br)Br. The lowest BCUT2D eigenvalue weighted by Crippen LogP contribution is -2.02. The van der Waals surface area contributed by atoms with E-state index in [1.54, 1.807) is 0 Å². The molecule has 0 saturated heterocycles. The minimum absolute atomic E-state index is 0.125. The van der Waals surface area contributed by atoms with Gasteiger partial charge in [0.25, 0.3) is 0 Å². The summed E-state index contributed by atoms with van der Waals surface area (Å²) >= 11 is 13.4. The van der Waals surface area contributed by atoms with Gasteiger partial charge in [-0.15, -0.1) is 0 Å². The zero-order valence-electron chi connectivity index (χ0n) is 7.17. The maximum absolute atomic E-state index is 3.39. The molecule has 2 atom stereocenters. The normalized spacial score (nSPS) is 16.4. The second-order valence-corrected chi connectivity index (χ2v) is 10.6. The molecule has 0 amide bonds. The van der Waals surface area contributed by atoms with Crippen molar-refractivity contribution in [3.8, 4) is 0 Å². The second kappa shape index (κ2) is 7.34. The summed E-state index contributed by atoms with van der Waals surface area (Å²) in [6.45, 7) is 8.26. The lowest BCUT2D eigenvalue weighted by molar-refractivity contribution is 0.959. The van der Waals surface area contributed by atoms with Gasteiger partial charge in [-0.2, -0.15) is 0 Å². The Hall–Kier alpha value is 1.92. The molecule has 0 fully saturated rings. The second-order valence-electron chi connectivity index (χ2n) is 2.68. The molecule has 0 bridgehead atoms. The summed E-state index contributed by atoms with van der Waals surface area (Å²) in [7, 11) is 0. The number of hydrogen-bond acceptors (Lipinski definition) is 0. The highest BCUT2D eigenvalue weighted by Crippen LogP contribution is 2.22. The topological polar surface area (TPSA) is 0 Å². The minimum atomic E-state index is 0.125. The predicted molar refractivity (Wildman–Crippen MR) is 68.7 cm³/mol. The van der Waals surface area contributed by atoms with Crippen molar-refractivity contribution in [2.45, 2.75) is 40.6 Å². The van der Waals surface area contributed by atoms with Crippen LogP contribution in [0.3, 0.4) is 0 Å². The first-order valence-corrected chi connectivity index (χ1v) is 6.72. The fourth-order valence-corrected chi connectivity index (χ4v) is 0. The van der Waals surface area contributed by atoms with E-state index in [1.807, 2.05) is 13.8 Å². The van der Waals surface area contributed by atoms with Crippen LogP contribution in [0.1, 0.15) is 27.7 Å². The van der Waals surface area contributed by atoms with Crippen molar-refractivity contribution in [3.05, 3.63) is 0 Å². The van der Waals surface area contributed by atoms with Crippen LogP contribution in [0.5, 0.6) is 0 Å². The van der Waals surface area contributed by atoms with Crippen molar-refractivity contribution in [2.24, 2.45) is 0 Å². The molecule has 0 saturated carbocycles. The summed E-state index contributed by atoms with van der Waals surface area (Å²) < 4.78 is 0.125. The van der Waals surface area contributed by atoms with E-state index in [-0.39, 0.29) is 3.23 Å². The molecule has 2 unspecified atom stereocenters. The first-order chi connectivity index (χ1) is 4.64. The van der Waals surface area contributed by atoms with Crippen LogP contribution in [0, 0.1) is 0 Å². The van der Waals surface area contributed by atoms with Crippen molar-refractivity contribution in [3.63, 3.8) is 0 Å². The molecule has 70 valence electrons. The molecule has 0 aliphatic carbocycles. The number of alkyl halides is 4. The molecule has 0 aromatic heterocycles. The zero-order chi connectivity index (χ0) is 9.65. The van der Waals surface area contributed by atoms with Crippen molar-refractivity contribution >= 4 is 63.7 Å². The Labute approximate surface area is 103 Å². The first-order valence-electron chi connectivity index (χ1n) is 3.30. The van der Waals surface area contributed by atoms with Crippen LogP contribution in [-0.4, -0.2) is 12.9 Å². The molecule has 11 heavy (non-hydrogen) atoms. The maximum Gasteiger partial charge on any atom is 0.0749 e. The molecule has 0 spiro atoms. The Balaban J connectivity index is 0. The van der Waals surface area contributed by atoms with Crippen LogP contribution >= 0.6 is 63.7 Å². The third-order valence-corrected chi connectivity index (χ3v) is 2.93. The van der Waals surface area contributed by atoms with Crippen LogP contribution in [0.2, 0.25) is 0 Å². The maximum atomic E-state index is 3.39. The zero-order valence-corrected chi connectivity index (χ0v) is 13.5. The van der Waals surface area contributed by atoms with Crippen LogP contribution in [0.25, 0.3) is 0 Å². The van der Waals surface area contributed by atoms with E-state index in [0.29, 0.717) is 9.65 Å². The largest absolute Gasteiger partial charge is 0.0882 e. The van der Waals surface area contributed by atoms with Gasteiger partial charge < -0.3 is 0 Å². The van der Waals surface area contributed by atoms with Gasteiger partial charge in [-0.25, -0.2) is 0 Å². The highest BCUT2D eigenvalue weighted by molar-refractivity contribution is 9.25. The van der Waals surface area contributed by atoms with E-state index in [9.17, 15) is 0 Å². The van der Waals surface area contributed by atoms with E-state index in [2.05, 4.69) is 77.6 Å².